The summed E-state index contributed by atoms with van der Waals surface area (Å²) < 4.78 is 0. The monoisotopic (exact) mass is 427 g/mol. The Labute approximate surface area is 184 Å². The van der Waals surface area contributed by atoms with Crippen molar-refractivity contribution in [2.45, 2.75) is 51.9 Å². The van der Waals surface area contributed by atoms with Crippen molar-refractivity contribution in [1.82, 2.24) is 15.1 Å². The van der Waals surface area contributed by atoms with Crippen LogP contribution in [-0.4, -0.2) is 46.8 Å². The molecular weight excluding hydrogens is 398 g/mol. The molecule has 2 amide bonds. The highest BCUT2D eigenvalue weighted by molar-refractivity contribution is 6.31. The van der Waals surface area contributed by atoms with E-state index in [9.17, 15) is 9.59 Å². The molecule has 1 unspecified atom stereocenters. The Kier molecular flexibility index (Phi) is 7.88. The molecule has 30 heavy (non-hydrogen) atoms. The predicted octanol–water partition coefficient (Wildman–Crippen LogP) is 3.86. The number of benzene rings is 2. The summed E-state index contributed by atoms with van der Waals surface area (Å²) in [7, 11) is 0. The molecule has 0 aromatic heterocycles. The number of likely N-dealkylation sites (tertiary alicyclic amines) is 1. The fourth-order valence-corrected chi connectivity index (χ4v) is 3.99. The number of rotatable bonds is 9. The lowest BCUT2D eigenvalue weighted by Gasteiger charge is -2.28. The van der Waals surface area contributed by atoms with Crippen LogP contribution in [0.1, 0.15) is 37.8 Å². The number of carbonyl (C=O) groups excluding carboxylic acids is 2. The minimum Gasteiger partial charge on any atom is -0.353 e. The SMILES string of the molecule is CC(C)N(CCNC(=O)C1CCC(=O)N1Cc1ccccc1Cl)Cc1ccccc1. The van der Waals surface area contributed by atoms with Crippen LogP contribution in [-0.2, 0) is 22.7 Å². The zero-order valence-corrected chi connectivity index (χ0v) is 18.4. The number of nitrogens with zero attached hydrogens (tertiary/aromatic N) is 2. The third-order valence-electron chi connectivity index (χ3n) is 5.59. The van der Waals surface area contributed by atoms with Crippen LogP contribution in [0.3, 0.4) is 0 Å². The Hall–Kier alpha value is -2.37. The standard InChI is InChI=1S/C24H30ClN3O2/c1-18(2)27(16-19-8-4-3-5-9-19)15-14-26-24(30)22-12-13-23(29)28(22)17-20-10-6-7-11-21(20)25/h3-11,18,22H,12-17H2,1-2H3,(H,26,30). The van der Waals surface area contributed by atoms with E-state index in [4.69, 9.17) is 11.6 Å². The zero-order valence-electron chi connectivity index (χ0n) is 17.7. The maximum Gasteiger partial charge on any atom is 0.242 e. The topological polar surface area (TPSA) is 52.7 Å². The van der Waals surface area contributed by atoms with Gasteiger partial charge in [0.25, 0.3) is 0 Å². The molecule has 0 saturated carbocycles. The van der Waals surface area contributed by atoms with Gasteiger partial charge in [-0.2, -0.15) is 0 Å². The summed E-state index contributed by atoms with van der Waals surface area (Å²) >= 11 is 6.25. The molecular formula is C24H30ClN3O2. The maximum absolute atomic E-state index is 12.8. The van der Waals surface area contributed by atoms with Crippen LogP contribution in [0.15, 0.2) is 54.6 Å². The number of carbonyl (C=O) groups is 2. The van der Waals surface area contributed by atoms with E-state index >= 15 is 0 Å². The first-order valence-corrected chi connectivity index (χ1v) is 10.9. The van der Waals surface area contributed by atoms with Gasteiger partial charge in [-0.25, -0.2) is 0 Å². The van der Waals surface area contributed by atoms with Gasteiger partial charge in [-0.15, -0.1) is 0 Å². The number of hydrogen-bond donors (Lipinski definition) is 1. The largest absolute Gasteiger partial charge is 0.353 e. The van der Waals surface area contributed by atoms with E-state index in [0.29, 0.717) is 37.0 Å². The van der Waals surface area contributed by atoms with Gasteiger partial charge in [0.1, 0.15) is 6.04 Å². The lowest BCUT2D eigenvalue weighted by Crippen LogP contribution is -2.46. The smallest absolute Gasteiger partial charge is 0.242 e. The van der Waals surface area contributed by atoms with E-state index in [1.54, 1.807) is 11.0 Å². The van der Waals surface area contributed by atoms with Gasteiger partial charge in [0.2, 0.25) is 11.8 Å². The van der Waals surface area contributed by atoms with Gasteiger partial charge < -0.3 is 10.2 Å². The number of amides is 2. The molecule has 160 valence electrons. The fourth-order valence-electron chi connectivity index (χ4n) is 3.79. The Morgan fingerprint density at radius 3 is 2.57 bits per heavy atom. The summed E-state index contributed by atoms with van der Waals surface area (Å²) in [5.41, 5.74) is 2.12. The van der Waals surface area contributed by atoms with Gasteiger partial charge >= 0.3 is 0 Å². The molecule has 0 aliphatic carbocycles. The average molecular weight is 428 g/mol. The molecule has 1 aliphatic rings. The van der Waals surface area contributed by atoms with Crippen LogP contribution in [0.25, 0.3) is 0 Å². The molecule has 2 aromatic carbocycles. The molecule has 1 saturated heterocycles. The lowest BCUT2D eigenvalue weighted by molar-refractivity contribution is -0.135. The van der Waals surface area contributed by atoms with Crippen molar-refractivity contribution < 1.29 is 9.59 Å². The second kappa shape index (κ2) is 10.6. The zero-order chi connectivity index (χ0) is 21.5. The second-order valence-corrected chi connectivity index (χ2v) is 8.42. The summed E-state index contributed by atoms with van der Waals surface area (Å²) in [6.45, 7) is 6.83. The molecule has 2 aromatic rings. The molecule has 1 N–H and O–H groups in total. The van der Waals surface area contributed by atoms with Gasteiger partial charge in [0.15, 0.2) is 0 Å². The minimum absolute atomic E-state index is 0.00274. The first-order chi connectivity index (χ1) is 14.5. The predicted molar refractivity (Wildman–Crippen MR) is 120 cm³/mol. The van der Waals surface area contributed by atoms with Gasteiger partial charge in [0, 0.05) is 43.7 Å². The van der Waals surface area contributed by atoms with Crippen LogP contribution in [0.4, 0.5) is 0 Å². The summed E-state index contributed by atoms with van der Waals surface area (Å²) in [5, 5.41) is 3.65. The molecule has 3 rings (SSSR count). The Morgan fingerprint density at radius 1 is 1.17 bits per heavy atom. The average Bonchev–Trinajstić information content (AvgIpc) is 3.10. The molecule has 5 nitrogen and oxygen atoms in total. The van der Waals surface area contributed by atoms with Gasteiger partial charge in [-0.1, -0.05) is 60.1 Å². The minimum atomic E-state index is -0.435. The van der Waals surface area contributed by atoms with E-state index in [0.717, 1.165) is 18.7 Å². The molecule has 0 bridgehead atoms. The Morgan fingerprint density at radius 2 is 1.87 bits per heavy atom. The molecule has 6 heteroatoms. The van der Waals surface area contributed by atoms with Crippen LogP contribution in [0.2, 0.25) is 5.02 Å². The van der Waals surface area contributed by atoms with Crippen molar-refractivity contribution in [3.63, 3.8) is 0 Å². The fraction of sp³-hybridized carbons (Fsp3) is 0.417. The first kappa shape index (κ1) is 22.3. The van der Waals surface area contributed by atoms with Crippen molar-refractivity contribution in [3.8, 4) is 0 Å². The summed E-state index contributed by atoms with van der Waals surface area (Å²) in [4.78, 5) is 29.2. The lowest BCUT2D eigenvalue weighted by atomic mass is 10.1. The van der Waals surface area contributed by atoms with Crippen LogP contribution in [0.5, 0.6) is 0 Å². The highest BCUT2D eigenvalue weighted by Crippen LogP contribution is 2.24. The molecule has 0 radical (unpaired) electrons. The van der Waals surface area contributed by atoms with Crippen molar-refractivity contribution in [1.29, 1.82) is 0 Å². The van der Waals surface area contributed by atoms with Crippen molar-refractivity contribution >= 4 is 23.4 Å². The molecule has 1 heterocycles. The number of hydrogen-bond acceptors (Lipinski definition) is 3. The third-order valence-corrected chi connectivity index (χ3v) is 5.96. The molecule has 1 fully saturated rings. The van der Waals surface area contributed by atoms with Gasteiger partial charge in [0.05, 0.1) is 0 Å². The van der Waals surface area contributed by atoms with Crippen LogP contribution in [0, 0.1) is 0 Å². The van der Waals surface area contributed by atoms with Crippen LogP contribution >= 0.6 is 11.6 Å². The van der Waals surface area contributed by atoms with E-state index in [-0.39, 0.29) is 11.8 Å². The first-order valence-electron chi connectivity index (χ1n) is 10.5. The van der Waals surface area contributed by atoms with Crippen molar-refractivity contribution in [2.24, 2.45) is 0 Å². The number of halogens is 1. The Bertz CT molecular complexity index is 857. The van der Waals surface area contributed by atoms with Crippen LogP contribution < -0.4 is 5.32 Å². The second-order valence-electron chi connectivity index (χ2n) is 8.01. The Balaban J connectivity index is 1.55. The van der Waals surface area contributed by atoms with Gasteiger partial charge in [-0.05, 0) is 37.5 Å². The quantitative estimate of drug-likeness (QED) is 0.661. The van der Waals surface area contributed by atoms with E-state index < -0.39 is 6.04 Å². The molecule has 1 atom stereocenters. The normalized spacial score (nSPS) is 16.5. The summed E-state index contributed by atoms with van der Waals surface area (Å²) in [5.74, 6) is -0.0840. The van der Waals surface area contributed by atoms with Crippen molar-refractivity contribution in [3.05, 3.63) is 70.7 Å². The maximum atomic E-state index is 12.8. The number of nitrogens with one attached hydrogen (secondary N) is 1. The molecule has 0 spiro atoms. The van der Waals surface area contributed by atoms with E-state index in [1.165, 1.54) is 5.56 Å². The van der Waals surface area contributed by atoms with E-state index in [1.807, 2.05) is 36.4 Å². The molecule has 1 aliphatic heterocycles. The van der Waals surface area contributed by atoms with E-state index in [2.05, 4.69) is 36.2 Å². The highest BCUT2D eigenvalue weighted by atomic mass is 35.5. The third kappa shape index (κ3) is 5.83. The summed E-state index contributed by atoms with van der Waals surface area (Å²) in [6, 6.07) is 17.7. The van der Waals surface area contributed by atoms with Gasteiger partial charge in [-0.3, -0.25) is 14.5 Å². The summed E-state index contributed by atoms with van der Waals surface area (Å²) in [6.07, 6.45) is 0.946. The highest BCUT2D eigenvalue weighted by Gasteiger charge is 2.36. The van der Waals surface area contributed by atoms with Crippen molar-refractivity contribution in [2.75, 3.05) is 13.1 Å².